The molecule has 2 saturated heterocycles. The summed E-state index contributed by atoms with van der Waals surface area (Å²) in [5.74, 6) is 1.73. The zero-order chi connectivity index (χ0) is 17.2. The standard InChI is InChI=1S/C19H29NO4/c1-18(21)9-12-24-19(14-18)7-10-20(11-8-19)13-15-16(22-2)5-4-6-17(15)23-3/h4-6,21H,7-14H2,1-3H3. The van der Waals surface area contributed by atoms with Crippen LogP contribution in [0.3, 0.4) is 0 Å². The SMILES string of the molecule is COc1cccc(OC)c1CN1CCC2(CC1)CC(C)(O)CCO2. The zero-order valence-electron chi connectivity index (χ0n) is 15.0. The summed E-state index contributed by atoms with van der Waals surface area (Å²) in [6.45, 7) is 5.31. The van der Waals surface area contributed by atoms with Crippen molar-refractivity contribution in [3.05, 3.63) is 23.8 Å². The first-order valence-electron chi connectivity index (χ1n) is 8.76. The molecule has 1 atom stereocenters. The van der Waals surface area contributed by atoms with Crippen LogP contribution in [0.2, 0.25) is 0 Å². The maximum Gasteiger partial charge on any atom is 0.127 e. The molecule has 0 amide bonds. The van der Waals surface area contributed by atoms with Crippen molar-refractivity contribution in [2.75, 3.05) is 33.9 Å². The molecule has 0 saturated carbocycles. The summed E-state index contributed by atoms with van der Waals surface area (Å²) in [4.78, 5) is 2.41. The fraction of sp³-hybridized carbons (Fsp3) is 0.684. The van der Waals surface area contributed by atoms with Gasteiger partial charge in [-0.1, -0.05) is 6.07 Å². The Labute approximate surface area is 144 Å². The molecule has 5 nitrogen and oxygen atoms in total. The highest BCUT2D eigenvalue weighted by Gasteiger charge is 2.44. The van der Waals surface area contributed by atoms with Crippen LogP contribution in [0.5, 0.6) is 11.5 Å². The largest absolute Gasteiger partial charge is 0.496 e. The summed E-state index contributed by atoms with van der Waals surface area (Å²) in [5, 5.41) is 10.4. The average molecular weight is 335 g/mol. The van der Waals surface area contributed by atoms with Crippen LogP contribution in [-0.2, 0) is 11.3 Å². The van der Waals surface area contributed by atoms with E-state index in [2.05, 4.69) is 4.90 Å². The third-order valence-corrected chi connectivity index (χ3v) is 5.43. The van der Waals surface area contributed by atoms with Gasteiger partial charge in [-0.3, -0.25) is 4.90 Å². The van der Waals surface area contributed by atoms with E-state index in [0.29, 0.717) is 6.61 Å². The smallest absolute Gasteiger partial charge is 0.127 e. The number of methoxy groups -OCH3 is 2. The number of hydrogen-bond acceptors (Lipinski definition) is 5. The minimum atomic E-state index is -0.591. The fourth-order valence-corrected chi connectivity index (χ4v) is 4.07. The first-order valence-corrected chi connectivity index (χ1v) is 8.76. The van der Waals surface area contributed by atoms with Crippen molar-refractivity contribution in [1.82, 2.24) is 4.90 Å². The zero-order valence-corrected chi connectivity index (χ0v) is 15.0. The van der Waals surface area contributed by atoms with E-state index in [1.807, 2.05) is 25.1 Å². The summed E-state index contributed by atoms with van der Waals surface area (Å²) in [5.41, 5.74) is 0.352. The second-order valence-electron chi connectivity index (χ2n) is 7.37. The lowest BCUT2D eigenvalue weighted by Gasteiger charge is -2.48. The minimum Gasteiger partial charge on any atom is -0.496 e. The van der Waals surface area contributed by atoms with Crippen LogP contribution in [-0.4, -0.2) is 55.1 Å². The van der Waals surface area contributed by atoms with Gasteiger partial charge in [0.1, 0.15) is 11.5 Å². The Kier molecular flexibility index (Phi) is 5.04. The Hall–Kier alpha value is -1.30. The number of nitrogens with zero attached hydrogens (tertiary/aromatic N) is 1. The highest BCUT2D eigenvalue weighted by Crippen LogP contribution is 2.40. The molecule has 0 bridgehead atoms. The summed E-state index contributed by atoms with van der Waals surface area (Å²) in [7, 11) is 3.39. The second kappa shape index (κ2) is 6.90. The molecule has 2 heterocycles. The van der Waals surface area contributed by atoms with Crippen LogP contribution >= 0.6 is 0 Å². The number of piperidine rings is 1. The number of likely N-dealkylation sites (tertiary alicyclic amines) is 1. The van der Waals surface area contributed by atoms with E-state index in [4.69, 9.17) is 14.2 Å². The van der Waals surface area contributed by atoms with Crippen LogP contribution in [0.15, 0.2) is 18.2 Å². The maximum atomic E-state index is 10.4. The highest BCUT2D eigenvalue weighted by atomic mass is 16.5. The molecule has 0 aliphatic carbocycles. The first kappa shape index (κ1) is 17.5. The molecular weight excluding hydrogens is 306 g/mol. The first-order chi connectivity index (χ1) is 11.5. The topological polar surface area (TPSA) is 51.2 Å². The Morgan fingerprint density at radius 3 is 2.29 bits per heavy atom. The van der Waals surface area contributed by atoms with Crippen molar-refractivity contribution in [3.8, 4) is 11.5 Å². The maximum absolute atomic E-state index is 10.4. The summed E-state index contributed by atoms with van der Waals surface area (Å²) in [6, 6.07) is 5.90. The van der Waals surface area contributed by atoms with Gasteiger partial charge in [-0.15, -0.1) is 0 Å². The Morgan fingerprint density at radius 1 is 1.12 bits per heavy atom. The van der Waals surface area contributed by atoms with Gasteiger partial charge in [0.05, 0.1) is 37.6 Å². The summed E-state index contributed by atoms with van der Waals surface area (Å²) >= 11 is 0. The van der Waals surface area contributed by atoms with E-state index in [1.54, 1.807) is 14.2 Å². The quantitative estimate of drug-likeness (QED) is 0.917. The monoisotopic (exact) mass is 335 g/mol. The predicted octanol–water partition coefficient (Wildman–Crippen LogP) is 2.60. The Bertz CT molecular complexity index is 542. The van der Waals surface area contributed by atoms with E-state index in [9.17, 15) is 5.11 Å². The summed E-state index contributed by atoms with van der Waals surface area (Å²) in [6.07, 6.45) is 3.39. The van der Waals surface area contributed by atoms with E-state index < -0.39 is 5.60 Å². The molecule has 1 aromatic carbocycles. The molecule has 3 rings (SSSR count). The number of ether oxygens (including phenoxy) is 3. The van der Waals surface area contributed by atoms with Gasteiger partial charge in [0.2, 0.25) is 0 Å². The minimum absolute atomic E-state index is 0.150. The van der Waals surface area contributed by atoms with E-state index >= 15 is 0 Å². The fourth-order valence-electron chi connectivity index (χ4n) is 4.07. The normalized spacial score (nSPS) is 27.2. The molecule has 1 spiro atoms. The van der Waals surface area contributed by atoms with Crippen molar-refractivity contribution in [1.29, 1.82) is 0 Å². The van der Waals surface area contributed by atoms with Gasteiger partial charge in [-0.2, -0.15) is 0 Å². The molecule has 2 fully saturated rings. The number of hydrogen-bond donors (Lipinski definition) is 1. The van der Waals surface area contributed by atoms with Crippen LogP contribution in [0.1, 0.15) is 38.2 Å². The predicted molar refractivity (Wildman–Crippen MR) is 92.6 cm³/mol. The molecule has 134 valence electrons. The van der Waals surface area contributed by atoms with Crippen molar-refractivity contribution in [3.63, 3.8) is 0 Å². The van der Waals surface area contributed by atoms with E-state index in [-0.39, 0.29) is 5.60 Å². The van der Waals surface area contributed by atoms with E-state index in [1.165, 1.54) is 0 Å². The van der Waals surface area contributed by atoms with Crippen LogP contribution < -0.4 is 9.47 Å². The lowest BCUT2D eigenvalue weighted by molar-refractivity contribution is -0.173. The van der Waals surface area contributed by atoms with Crippen LogP contribution in [0.4, 0.5) is 0 Å². The Morgan fingerprint density at radius 2 is 1.75 bits per heavy atom. The van der Waals surface area contributed by atoms with Crippen LogP contribution in [0, 0.1) is 0 Å². The molecule has 5 heteroatoms. The molecule has 0 aromatic heterocycles. The molecule has 1 aromatic rings. The van der Waals surface area contributed by atoms with Gasteiger partial charge in [-0.05, 0) is 38.3 Å². The summed E-state index contributed by atoms with van der Waals surface area (Å²) < 4.78 is 17.1. The molecular formula is C19H29NO4. The van der Waals surface area contributed by atoms with E-state index in [0.717, 1.165) is 62.4 Å². The third-order valence-electron chi connectivity index (χ3n) is 5.43. The molecule has 0 radical (unpaired) electrons. The van der Waals surface area contributed by atoms with Crippen molar-refractivity contribution < 1.29 is 19.3 Å². The van der Waals surface area contributed by atoms with Gasteiger partial charge in [0, 0.05) is 26.1 Å². The Balaban J connectivity index is 1.66. The third kappa shape index (κ3) is 3.68. The van der Waals surface area contributed by atoms with Gasteiger partial charge in [0.15, 0.2) is 0 Å². The lowest BCUT2D eigenvalue weighted by atomic mass is 9.78. The molecule has 1 unspecified atom stereocenters. The molecule has 2 aliphatic heterocycles. The molecule has 2 aliphatic rings. The van der Waals surface area contributed by atoms with Gasteiger partial charge in [0.25, 0.3) is 0 Å². The van der Waals surface area contributed by atoms with Gasteiger partial charge in [-0.25, -0.2) is 0 Å². The molecule has 1 N–H and O–H groups in total. The lowest BCUT2D eigenvalue weighted by Crippen LogP contribution is -2.53. The molecule has 24 heavy (non-hydrogen) atoms. The number of aliphatic hydroxyl groups is 1. The van der Waals surface area contributed by atoms with Gasteiger partial charge >= 0.3 is 0 Å². The number of benzene rings is 1. The van der Waals surface area contributed by atoms with Crippen molar-refractivity contribution in [2.24, 2.45) is 0 Å². The van der Waals surface area contributed by atoms with Crippen molar-refractivity contribution >= 4 is 0 Å². The van der Waals surface area contributed by atoms with Gasteiger partial charge < -0.3 is 19.3 Å². The average Bonchev–Trinajstić information content (AvgIpc) is 2.56. The van der Waals surface area contributed by atoms with Crippen molar-refractivity contribution in [2.45, 2.75) is 50.4 Å². The second-order valence-corrected chi connectivity index (χ2v) is 7.37. The van der Waals surface area contributed by atoms with Crippen LogP contribution in [0.25, 0.3) is 0 Å². The highest BCUT2D eigenvalue weighted by molar-refractivity contribution is 5.44. The number of rotatable bonds is 4.